The second kappa shape index (κ2) is 11.4. The Bertz CT molecular complexity index is 1140. The van der Waals surface area contributed by atoms with Crippen molar-refractivity contribution in [3.63, 3.8) is 0 Å². The zero-order valence-corrected chi connectivity index (χ0v) is 22.2. The summed E-state index contributed by atoms with van der Waals surface area (Å²) in [5.41, 5.74) is 1.71. The molecule has 0 bridgehead atoms. The Balaban J connectivity index is 1.41. The molecule has 0 spiro atoms. The van der Waals surface area contributed by atoms with Crippen molar-refractivity contribution >= 4 is 17.8 Å². The van der Waals surface area contributed by atoms with E-state index in [1.54, 1.807) is 29.1 Å². The summed E-state index contributed by atoms with van der Waals surface area (Å²) < 4.78 is 5.22. The number of methoxy groups -OCH3 is 1. The molecule has 3 aliphatic rings. The van der Waals surface area contributed by atoms with Gasteiger partial charge < -0.3 is 19.9 Å². The maximum Gasteiger partial charge on any atom is 0.334 e. The van der Waals surface area contributed by atoms with Crippen LogP contribution in [0.25, 0.3) is 0 Å². The highest BCUT2D eigenvalue weighted by Gasteiger charge is 2.51. The minimum Gasteiger partial charge on any atom is -0.497 e. The fourth-order valence-electron chi connectivity index (χ4n) is 6.00. The number of hydrazine groups is 1. The van der Waals surface area contributed by atoms with E-state index in [0.717, 1.165) is 29.7 Å². The van der Waals surface area contributed by atoms with E-state index in [1.165, 1.54) is 19.3 Å². The van der Waals surface area contributed by atoms with Crippen LogP contribution < -0.4 is 10.1 Å². The average Bonchev–Trinajstić information content (AvgIpc) is 2.94. The predicted octanol–water partition coefficient (Wildman–Crippen LogP) is 3.39. The highest BCUT2D eigenvalue weighted by Crippen LogP contribution is 2.36. The lowest BCUT2D eigenvalue weighted by molar-refractivity contribution is -0.188. The summed E-state index contributed by atoms with van der Waals surface area (Å²) in [6.07, 6.45) is 5.24. The van der Waals surface area contributed by atoms with E-state index in [9.17, 15) is 14.4 Å². The van der Waals surface area contributed by atoms with Gasteiger partial charge in [-0.2, -0.15) is 0 Å². The molecule has 1 saturated carbocycles. The first-order valence-corrected chi connectivity index (χ1v) is 13.5. The van der Waals surface area contributed by atoms with E-state index in [1.807, 2.05) is 59.5 Å². The lowest BCUT2D eigenvalue weighted by atomic mass is 9.88. The first-order valence-electron chi connectivity index (χ1n) is 13.5. The largest absolute Gasteiger partial charge is 0.497 e. The van der Waals surface area contributed by atoms with Gasteiger partial charge in [0.1, 0.15) is 18.0 Å². The Morgan fingerprint density at radius 1 is 1.00 bits per heavy atom. The molecule has 38 heavy (non-hydrogen) atoms. The van der Waals surface area contributed by atoms with Crippen LogP contribution in [0.5, 0.6) is 5.75 Å². The smallest absolute Gasteiger partial charge is 0.334 e. The number of nitrogens with one attached hydrogen (secondary N) is 1. The number of amides is 4. The van der Waals surface area contributed by atoms with Crippen molar-refractivity contribution in [3.8, 4) is 5.75 Å². The summed E-state index contributed by atoms with van der Waals surface area (Å²) in [4.78, 5) is 44.4. The molecule has 0 aromatic heterocycles. The zero-order chi connectivity index (χ0) is 26.6. The first-order chi connectivity index (χ1) is 18.5. The third kappa shape index (κ3) is 5.34. The fraction of sp³-hybridized carbons (Fsp3) is 0.483. The summed E-state index contributed by atoms with van der Waals surface area (Å²) in [6.45, 7) is 1.31. The van der Waals surface area contributed by atoms with Crippen LogP contribution in [0.2, 0.25) is 0 Å². The van der Waals surface area contributed by atoms with Gasteiger partial charge in [0.25, 0.3) is 0 Å². The Morgan fingerprint density at radius 2 is 1.71 bits per heavy atom. The van der Waals surface area contributed by atoms with Crippen LogP contribution in [-0.4, -0.2) is 77.6 Å². The quantitative estimate of drug-likeness (QED) is 0.633. The molecule has 1 N–H and O–H groups in total. The van der Waals surface area contributed by atoms with Crippen LogP contribution in [0, 0.1) is 5.92 Å². The number of nitrogens with zero attached hydrogens (tertiary/aromatic N) is 4. The Hall–Kier alpha value is -3.59. The summed E-state index contributed by atoms with van der Waals surface area (Å²) in [5, 5.41) is 6.29. The highest BCUT2D eigenvalue weighted by atomic mass is 16.5. The molecule has 9 nitrogen and oxygen atoms in total. The Morgan fingerprint density at radius 3 is 2.39 bits per heavy atom. The van der Waals surface area contributed by atoms with Crippen LogP contribution in [0.3, 0.4) is 0 Å². The van der Waals surface area contributed by atoms with Gasteiger partial charge in [0, 0.05) is 20.1 Å². The maximum absolute atomic E-state index is 13.9. The maximum atomic E-state index is 13.9. The molecule has 202 valence electrons. The summed E-state index contributed by atoms with van der Waals surface area (Å²) >= 11 is 0. The first kappa shape index (κ1) is 26.0. The van der Waals surface area contributed by atoms with Gasteiger partial charge >= 0.3 is 6.03 Å². The van der Waals surface area contributed by atoms with Gasteiger partial charge in [-0.1, -0.05) is 61.7 Å². The van der Waals surface area contributed by atoms with Gasteiger partial charge in [0.2, 0.25) is 11.8 Å². The number of likely N-dealkylation sites (N-methyl/N-ethyl adjacent to an activating group) is 1. The topological polar surface area (TPSA) is 85.4 Å². The summed E-state index contributed by atoms with van der Waals surface area (Å²) in [5.74, 6) is 0.984. The molecule has 5 rings (SSSR count). The van der Waals surface area contributed by atoms with Crippen LogP contribution in [0.1, 0.15) is 49.3 Å². The van der Waals surface area contributed by atoms with Crippen LogP contribution in [0.4, 0.5) is 4.79 Å². The number of piperazine rings is 1. The van der Waals surface area contributed by atoms with Crippen molar-refractivity contribution in [3.05, 3.63) is 65.7 Å². The number of carbonyl (C=O) groups is 3. The third-order valence-electron chi connectivity index (χ3n) is 7.96. The van der Waals surface area contributed by atoms with Gasteiger partial charge in [0.15, 0.2) is 0 Å². The van der Waals surface area contributed by atoms with E-state index in [2.05, 4.69) is 5.32 Å². The second-order valence-corrected chi connectivity index (χ2v) is 10.5. The van der Waals surface area contributed by atoms with Gasteiger partial charge in [0.05, 0.1) is 20.2 Å². The molecule has 0 radical (unpaired) electrons. The van der Waals surface area contributed by atoms with Crippen molar-refractivity contribution in [2.24, 2.45) is 5.92 Å². The lowest BCUT2D eigenvalue weighted by Gasteiger charge is -2.54. The molecule has 2 aromatic rings. The number of fused-ring (bicyclic) bond motifs is 1. The molecule has 2 aromatic carbocycles. The number of hydrogen-bond donors (Lipinski definition) is 1. The molecular weight excluding hydrogens is 482 g/mol. The van der Waals surface area contributed by atoms with Crippen LogP contribution in [0.15, 0.2) is 54.6 Å². The number of carbonyl (C=O) groups excluding carboxylic acids is 3. The van der Waals surface area contributed by atoms with Gasteiger partial charge in [-0.3, -0.25) is 9.59 Å². The van der Waals surface area contributed by atoms with Crippen molar-refractivity contribution in [2.75, 3.05) is 33.8 Å². The average molecular weight is 520 g/mol. The molecule has 0 unspecified atom stereocenters. The standard InChI is InChI=1S/C29H37N5O4/c1-31-20-26(35)33-25(34(31)29(37)30-17-21-13-15-24(38-2)16-14-21)19-32(18-22-9-5-3-6-10-22)28(36)27(33)23-11-7-4-8-12-23/h4,7-8,11-16,22,25,27H,3,5-6,9-10,17-20H2,1-2H3,(H,30,37)/t25-,27-/m0/s1. The Kier molecular flexibility index (Phi) is 7.83. The molecule has 2 saturated heterocycles. The summed E-state index contributed by atoms with van der Waals surface area (Å²) in [7, 11) is 3.37. The highest BCUT2D eigenvalue weighted by molar-refractivity contribution is 5.92. The molecule has 9 heteroatoms. The number of hydrogen-bond acceptors (Lipinski definition) is 5. The van der Waals surface area contributed by atoms with E-state index in [-0.39, 0.29) is 24.4 Å². The van der Waals surface area contributed by atoms with Crippen molar-refractivity contribution < 1.29 is 19.1 Å². The molecule has 2 heterocycles. The summed E-state index contributed by atoms with van der Waals surface area (Å²) in [6, 6.07) is 15.9. The second-order valence-electron chi connectivity index (χ2n) is 10.5. The Labute approximate surface area is 224 Å². The molecule has 4 amide bonds. The number of benzene rings is 2. The minimum atomic E-state index is -0.753. The molecule has 1 aliphatic carbocycles. The van der Waals surface area contributed by atoms with E-state index in [0.29, 0.717) is 25.6 Å². The fourth-order valence-corrected chi connectivity index (χ4v) is 6.00. The lowest BCUT2D eigenvalue weighted by Crippen LogP contribution is -2.74. The molecule has 2 atom stereocenters. The van der Waals surface area contributed by atoms with Crippen LogP contribution in [-0.2, 0) is 16.1 Å². The number of rotatable bonds is 6. The molecule has 3 fully saturated rings. The SMILES string of the molecule is COc1ccc(CNC(=O)N2[C@H]3CN(CC4CCCCC4)C(=O)[C@H](c4ccccc4)N3C(=O)CN2C)cc1. The number of urea groups is 1. The predicted molar refractivity (Wildman–Crippen MR) is 143 cm³/mol. The van der Waals surface area contributed by atoms with Crippen molar-refractivity contribution in [1.82, 2.24) is 25.1 Å². The van der Waals surface area contributed by atoms with Gasteiger partial charge in [-0.25, -0.2) is 14.8 Å². The third-order valence-corrected chi connectivity index (χ3v) is 7.96. The minimum absolute atomic E-state index is 0.0195. The van der Waals surface area contributed by atoms with E-state index in [4.69, 9.17) is 4.74 Å². The van der Waals surface area contributed by atoms with Crippen LogP contribution >= 0.6 is 0 Å². The van der Waals surface area contributed by atoms with Crippen molar-refractivity contribution in [1.29, 1.82) is 0 Å². The van der Waals surface area contributed by atoms with Gasteiger partial charge in [-0.05, 0) is 42.0 Å². The zero-order valence-electron chi connectivity index (χ0n) is 22.2. The van der Waals surface area contributed by atoms with E-state index < -0.39 is 12.2 Å². The normalized spacial score (nSPS) is 22.8. The van der Waals surface area contributed by atoms with E-state index >= 15 is 0 Å². The monoisotopic (exact) mass is 519 g/mol. The molecule has 2 aliphatic heterocycles. The van der Waals surface area contributed by atoms with Crippen molar-refractivity contribution in [2.45, 2.75) is 50.9 Å². The van der Waals surface area contributed by atoms with Gasteiger partial charge in [-0.15, -0.1) is 0 Å². The number of ether oxygens (including phenoxy) is 1. The molecular formula is C29H37N5O4.